The normalized spacial score (nSPS) is 13.2. The first-order valence-corrected chi connectivity index (χ1v) is 7.29. The van der Waals surface area contributed by atoms with E-state index in [-0.39, 0.29) is 23.8 Å². The van der Waals surface area contributed by atoms with Gasteiger partial charge in [-0.2, -0.15) is 0 Å². The summed E-state index contributed by atoms with van der Waals surface area (Å²) in [4.78, 5) is 10.5. The molecule has 0 radical (unpaired) electrons. The Morgan fingerprint density at radius 1 is 1.45 bits per heavy atom. The van der Waals surface area contributed by atoms with Crippen LogP contribution in [-0.4, -0.2) is 22.7 Å². The van der Waals surface area contributed by atoms with Gasteiger partial charge in [0.15, 0.2) is 0 Å². The Kier molecular flexibility index (Phi) is 6.10. The molecule has 0 aliphatic carbocycles. The number of benzene rings is 1. The smallest absolute Gasteiger partial charge is 0.283 e. The van der Waals surface area contributed by atoms with Gasteiger partial charge in [-0.1, -0.05) is 26.8 Å². The predicted molar refractivity (Wildman–Crippen MR) is 82.6 cm³/mol. The van der Waals surface area contributed by atoms with Crippen molar-refractivity contribution in [1.29, 1.82) is 0 Å². The number of aliphatic hydroxyl groups excluding tert-OH is 1. The topological polar surface area (TPSA) is 75.4 Å². The number of halogens is 1. The minimum Gasteiger partial charge on any atom is -0.395 e. The molecule has 0 fully saturated rings. The van der Waals surface area contributed by atoms with Gasteiger partial charge in [0.25, 0.3) is 5.69 Å². The molecule has 5 nitrogen and oxygen atoms in total. The Morgan fingerprint density at radius 3 is 2.60 bits per heavy atom. The maximum absolute atomic E-state index is 10.9. The summed E-state index contributed by atoms with van der Waals surface area (Å²) in [6, 6.07) is 5.03. The highest BCUT2D eigenvalue weighted by atomic mass is 79.9. The molecule has 1 aromatic rings. The van der Waals surface area contributed by atoms with Crippen molar-refractivity contribution < 1.29 is 10.0 Å². The van der Waals surface area contributed by atoms with Crippen LogP contribution in [0.1, 0.15) is 32.8 Å². The van der Waals surface area contributed by atoms with Gasteiger partial charge in [0, 0.05) is 18.7 Å². The van der Waals surface area contributed by atoms with Gasteiger partial charge >= 0.3 is 0 Å². The molecule has 20 heavy (non-hydrogen) atoms. The Morgan fingerprint density at radius 2 is 2.10 bits per heavy atom. The molecule has 1 rings (SSSR count). The van der Waals surface area contributed by atoms with Crippen molar-refractivity contribution in [3.63, 3.8) is 0 Å². The molecule has 0 spiro atoms. The van der Waals surface area contributed by atoms with E-state index in [2.05, 4.69) is 42.0 Å². The second-order valence-electron chi connectivity index (χ2n) is 6.07. The maximum Gasteiger partial charge on any atom is 0.283 e. The Bertz CT molecular complexity index is 472. The number of hydrogen-bond donors (Lipinski definition) is 2. The van der Waals surface area contributed by atoms with Crippen LogP contribution >= 0.6 is 15.9 Å². The molecule has 2 N–H and O–H groups in total. The standard InChI is InChI=1S/C14H21BrN2O3/c1-14(2,3)7-11(9-18)16-8-10-4-5-12(15)13(6-10)17(19)20/h4-6,11,16,18H,7-9H2,1-3H3. The molecule has 0 aromatic heterocycles. The first kappa shape index (κ1) is 17.1. The van der Waals surface area contributed by atoms with Crippen molar-refractivity contribution in [1.82, 2.24) is 5.32 Å². The highest BCUT2D eigenvalue weighted by Gasteiger charge is 2.18. The van der Waals surface area contributed by atoms with Crippen LogP contribution in [-0.2, 0) is 6.54 Å². The zero-order chi connectivity index (χ0) is 15.3. The Labute approximate surface area is 127 Å². The first-order chi connectivity index (χ1) is 9.23. The summed E-state index contributed by atoms with van der Waals surface area (Å²) in [5.74, 6) is 0. The number of nitrogens with zero attached hydrogens (tertiary/aromatic N) is 1. The van der Waals surface area contributed by atoms with Crippen molar-refractivity contribution >= 4 is 21.6 Å². The average Bonchev–Trinajstić information content (AvgIpc) is 2.34. The summed E-state index contributed by atoms with van der Waals surface area (Å²) in [5.41, 5.74) is 1.000. The molecule has 0 amide bonds. The molecular formula is C14H21BrN2O3. The summed E-state index contributed by atoms with van der Waals surface area (Å²) in [5, 5.41) is 23.5. The molecule has 0 bridgehead atoms. The maximum atomic E-state index is 10.9. The molecule has 1 aromatic carbocycles. The summed E-state index contributed by atoms with van der Waals surface area (Å²) >= 11 is 3.16. The van der Waals surface area contributed by atoms with Gasteiger partial charge in [-0.3, -0.25) is 10.1 Å². The van der Waals surface area contributed by atoms with Crippen LogP contribution in [0.4, 0.5) is 5.69 Å². The molecular weight excluding hydrogens is 324 g/mol. The minimum absolute atomic E-state index is 0.0160. The SMILES string of the molecule is CC(C)(C)CC(CO)NCc1ccc(Br)c([N+](=O)[O-])c1. The van der Waals surface area contributed by atoms with E-state index in [1.165, 1.54) is 0 Å². The van der Waals surface area contributed by atoms with Crippen LogP contribution in [0.15, 0.2) is 22.7 Å². The summed E-state index contributed by atoms with van der Waals surface area (Å²) in [6.07, 6.45) is 0.835. The number of rotatable bonds is 6. The van der Waals surface area contributed by atoms with Crippen molar-refractivity contribution in [2.45, 2.75) is 39.8 Å². The van der Waals surface area contributed by atoms with Crippen LogP contribution in [0.25, 0.3) is 0 Å². The van der Waals surface area contributed by atoms with E-state index in [1.54, 1.807) is 12.1 Å². The minimum atomic E-state index is -0.410. The van der Waals surface area contributed by atoms with Gasteiger partial charge < -0.3 is 10.4 Å². The fraction of sp³-hybridized carbons (Fsp3) is 0.571. The number of nitro benzene ring substituents is 1. The molecule has 0 saturated heterocycles. The van der Waals surface area contributed by atoms with Gasteiger partial charge in [-0.15, -0.1) is 0 Å². The lowest BCUT2D eigenvalue weighted by atomic mass is 9.88. The lowest BCUT2D eigenvalue weighted by Crippen LogP contribution is -2.35. The monoisotopic (exact) mass is 344 g/mol. The lowest BCUT2D eigenvalue weighted by Gasteiger charge is -2.25. The van der Waals surface area contributed by atoms with E-state index in [9.17, 15) is 15.2 Å². The van der Waals surface area contributed by atoms with Crippen LogP contribution in [0, 0.1) is 15.5 Å². The molecule has 1 atom stereocenters. The lowest BCUT2D eigenvalue weighted by molar-refractivity contribution is -0.385. The van der Waals surface area contributed by atoms with Gasteiger partial charge in [-0.25, -0.2) is 0 Å². The second-order valence-corrected chi connectivity index (χ2v) is 6.92. The van der Waals surface area contributed by atoms with Crippen LogP contribution in [0.5, 0.6) is 0 Å². The van der Waals surface area contributed by atoms with E-state index in [4.69, 9.17) is 0 Å². The van der Waals surface area contributed by atoms with E-state index in [1.807, 2.05) is 6.07 Å². The van der Waals surface area contributed by atoms with Crippen LogP contribution < -0.4 is 5.32 Å². The summed E-state index contributed by atoms with van der Waals surface area (Å²) in [6.45, 7) is 6.89. The Hall–Kier alpha value is -0.980. The van der Waals surface area contributed by atoms with E-state index < -0.39 is 4.92 Å². The number of aliphatic hydroxyl groups is 1. The Balaban J connectivity index is 2.69. The highest BCUT2D eigenvalue weighted by molar-refractivity contribution is 9.10. The molecule has 0 heterocycles. The molecule has 6 heteroatoms. The predicted octanol–water partition coefficient (Wildman–Crippen LogP) is 3.24. The van der Waals surface area contributed by atoms with Crippen molar-refractivity contribution in [3.8, 4) is 0 Å². The van der Waals surface area contributed by atoms with Gasteiger partial charge in [0.1, 0.15) is 0 Å². The molecule has 1 unspecified atom stereocenters. The van der Waals surface area contributed by atoms with E-state index in [0.717, 1.165) is 12.0 Å². The van der Waals surface area contributed by atoms with Crippen molar-refractivity contribution in [3.05, 3.63) is 38.3 Å². The third-order valence-electron chi connectivity index (χ3n) is 2.88. The van der Waals surface area contributed by atoms with Crippen LogP contribution in [0.3, 0.4) is 0 Å². The van der Waals surface area contributed by atoms with Gasteiger partial charge in [0.2, 0.25) is 0 Å². The highest BCUT2D eigenvalue weighted by Crippen LogP contribution is 2.26. The average molecular weight is 345 g/mol. The van der Waals surface area contributed by atoms with E-state index in [0.29, 0.717) is 11.0 Å². The summed E-state index contributed by atoms with van der Waals surface area (Å²) in [7, 11) is 0. The zero-order valence-electron chi connectivity index (χ0n) is 12.0. The van der Waals surface area contributed by atoms with E-state index >= 15 is 0 Å². The van der Waals surface area contributed by atoms with Crippen LogP contribution in [0.2, 0.25) is 0 Å². The largest absolute Gasteiger partial charge is 0.395 e. The van der Waals surface area contributed by atoms with Gasteiger partial charge in [-0.05, 0) is 39.4 Å². The fourth-order valence-electron chi connectivity index (χ4n) is 2.01. The molecule has 0 aliphatic heterocycles. The third-order valence-corrected chi connectivity index (χ3v) is 3.55. The fourth-order valence-corrected chi connectivity index (χ4v) is 2.40. The molecule has 0 saturated carbocycles. The molecule has 0 aliphatic rings. The van der Waals surface area contributed by atoms with Crippen molar-refractivity contribution in [2.75, 3.05) is 6.61 Å². The quantitative estimate of drug-likeness (QED) is 0.613. The third kappa shape index (κ3) is 5.56. The van der Waals surface area contributed by atoms with Gasteiger partial charge in [0.05, 0.1) is 16.0 Å². The van der Waals surface area contributed by atoms with Crippen molar-refractivity contribution in [2.24, 2.45) is 5.41 Å². The summed E-state index contributed by atoms with van der Waals surface area (Å²) < 4.78 is 0.472. The molecule has 112 valence electrons. The second kappa shape index (κ2) is 7.15. The number of nitro groups is 1. The first-order valence-electron chi connectivity index (χ1n) is 6.50. The zero-order valence-corrected chi connectivity index (χ0v) is 13.6. The number of hydrogen-bond acceptors (Lipinski definition) is 4. The number of nitrogens with one attached hydrogen (secondary N) is 1.